The van der Waals surface area contributed by atoms with Gasteiger partial charge < -0.3 is 14.9 Å². The molecular formula is C17H17N3O3S. The molecule has 24 heavy (non-hydrogen) atoms. The average molecular weight is 343 g/mol. The zero-order valence-corrected chi connectivity index (χ0v) is 13.7. The number of carbonyl (C=O) groups is 1. The number of nitrogens with one attached hydrogen (secondary N) is 2. The van der Waals surface area contributed by atoms with Crippen LogP contribution in [0.3, 0.4) is 0 Å². The van der Waals surface area contributed by atoms with Gasteiger partial charge in [-0.25, -0.2) is 10.2 Å². The summed E-state index contributed by atoms with van der Waals surface area (Å²) in [6.45, 7) is 1.52. The molecule has 0 unspecified atom stereocenters. The van der Waals surface area contributed by atoms with E-state index < -0.39 is 6.09 Å². The Hall–Kier alpha value is -2.22. The van der Waals surface area contributed by atoms with Crippen molar-refractivity contribution in [1.82, 2.24) is 10.5 Å². The van der Waals surface area contributed by atoms with Crippen LogP contribution in [-0.4, -0.2) is 30.5 Å². The van der Waals surface area contributed by atoms with Crippen LogP contribution in [0.15, 0.2) is 58.3 Å². The average Bonchev–Trinajstić information content (AvgIpc) is 2.93. The molecule has 2 aliphatic heterocycles. The number of hydrogen-bond acceptors (Lipinski definition) is 6. The second kappa shape index (κ2) is 6.72. The highest BCUT2D eigenvalue weighted by molar-refractivity contribution is 7.99. The molecule has 1 saturated heterocycles. The second-order valence-corrected chi connectivity index (χ2v) is 6.76. The summed E-state index contributed by atoms with van der Waals surface area (Å²) in [5.74, 6) is 0. The van der Waals surface area contributed by atoms with Gasteiger partial charge in [0, 0.05) is 9.79 Å². The zero-order valence-electron chi connectivity index (χ0n) is 12.9. The van der Waals surface area contributed by atoms with E-state index in [2.05, 4.69) is 35.1 Å². The molecule has 0 saturated carbocycles. The van der Waals surface area contributed by atoms with Gasteiger partial charge in [-0.15, -0.1) is 5.12 Å². The van der Waals surface area contributed by atoms with E-state index in [4.69, 9.17) is 9.47 Å². The topological polar surface area (TPSA) is 62.8 Å². The van der Waals surface area contributed by atoms with E-state index in [0.29, 0.717) is 19.8 Å². The number of hydrogen-bond donors (Lipinski definition) is 2. The number of rotatable bonds is 4. The fourth-order valence-corrected chi connectivity index (χ4v) is 3.39. The smallest absolute Gasteiger partial charge is 0.423 e. The zero-order chi connectivity index (χ0) is 16.4. The lowest BCUT2D eigenvalue weighted by Gasteiger charge is -2.26. The van der Waals surface area contributed by atoms with Crippen LogP contribution in [0, 0.1) is 0 Å². The van der Waals surface area contributed by atoms with Crippen molar-refractivity contribution < 1.29 is 14.3 Å². The molecule has 2 heterocycles. The van der Waals surface area contributed by atoms with Crippen molar-refractivity contribution in [3.8, 4) is 0 Å². The summed E-state index contributed by atoms with van der Waals surface area (Å²) in [5.41, 5.74) is 7.95. The summed E-state index contributed by atoms with van der Waals surface area (Å²) in [4.78, 5) is 14.2. The molecule has 0 bridgehead atoms. The molecule has 2 aliphatic rings. The van der Waals surface area contributed by atoms with Crippen molar-refractivity contribution >= 4 is 23.5 Å². The fourth-order valence-electron chi connectivity index (χ4n) is 2.49. The van der Waals surface area contributed by atoms with E-state index in [9.17, 15) is 4.79 Å². The molecule has 0 atom stereocenters. The second-order valence-electron chi connectivity index (χ2n) is 5.61. The Labute approximate surface area is 144 Å². The normalized spacial score (nSPS) is 16.8. The molecule has 2 aromatic rings. The minimum Gasteiger partial charge on any atom is -0.440 e. The number of hydrazine groups is 2. The maximum Gasteiger partial charge on any atom is 0.423 e. The standard InChI is InChI=1S/C17H17N3O3S/c21-17(23-13-10-22-11-13)19-20-9-12-8-15(6-7-16(12)18-20)24-14-4-2-1-3-5-14/h1-8,13,18H,9-11H2,(H,19,21). The highest BCUT2D eigenvalue weighted by atomic mass is 32.2. The maximum absolute atomic E-state index is 11.8. The van der Waals surface area contributed by atoms with E-state index in [0.717, 1.165) is 16.1 Å². The van der Waals surface area contributed by atoms with Gasteiger partial charge in [-0.3, -0.25) is 0 Å². The van der Waals surface area contributed by atoms with E-state index >= 15 is 0 Å². The highest BCUT2D eigenvalue weighted by Crippen LogP contribution is 2.33. The van der Waals surface area contributed by atoms with Crippen LogP contribution in [0.5, 0.6) is 0 Å². The number of ether oxygens (including phenoxy) is 2. The third kappa shape index (κ3) is 3.48. The van der Waals surface area contributed by atoms with E-state index in [1.54, 1.807) is 16.9 Å². The minimum absolute atomic E-state index is 0.135. The molecule has 0 spiro atoms. The first-order valence-corrected chi connectivity index (χ1v) is 8.53. The molecule has 124 valence electrons. The lowest BCUT2D eigenvalue weighted by molar-refractivity contribution is -0.101. The quantitative estimate of drug-likeness (QED) is 0.890. The van der Waals surface area contributed by atoms with Crippen LogP contribution >= 0.6 is 11.8 Å². The number of benzene rings is 2. The monoisotopic (exact) mass is 343 g/mol. The Morgan fingerprint density at radius 3 is 2.79 bits per heavy atom. The highest BCUT2D eigenvalue weighted by Gasteiger charge is 2.25. The number of anilines is 1. The van der Waals surface area contributed by atoms with Crippen LogP contribution < -0.4 is 10.9 Å². The van der Waals surface area contributed by atoms with Gasteiger partial charge in [0.05, 0.1) is 25.4 Å². The first-order valence-electron chi connectivity index (χ1n) is 7.71. The fraction of sp³-hybridized carbons (Fsp3) is 0.235. The molecule has 0 aliphatic carbocycles. The van der Waals surface area contributed by atoms with Crippen LogP contribution in [0.4, 0.5) is 10.5 Å². The third-order valence-electron chi connectivity index (χ3n) is 3.75. The SMILES string of the molecule is O=C(NN1Cc2cc(Sc3ccccc3)ccc2N1)OC1COC1. The summed E-state index contributed by atoms with van der Waals surface area (Å²) in [6.07, 6.45) is -0.605. The number of carbonyl (C=O) groups excluding carboxylic acids is 1. The van der Waals surface area contributed by atoms with Crippen molar-refractivity contribution in [2.45, 2.75) is 22.4 Å². The first kappa shape index (κ1) is 15.3. The summed E-state index contributed by atoms with van der Waals surface area (Å²) in [5, 5.41) is 1.63. The molecule has 4 rings (SSSR count). The molecular weight excluding hydrogens is 326 g/mol. The Morgan fingerprint density at radius 2 is 2.04 bits per heavy atom. The molecule has 1 fully saturated rings. The predicted octanol–water partition coefficient (Wildman–Crippen LogP) is 3.02. The molecule has 7 heteroatoms. The molecule has 0 aromatic heterocycles. The summed E-state index contributed by atoms with van der Waals surface area (Å²) in [7, 11) is 0. The largest absolute Gasteiger partial charge is 0.440 e. The minimum atomic E-state index is -0.470. The first-order chi connectivity index (χ1) is 11.8. The number of fused-ring (bicyclic) bond motifs is 1. The van der Waals surface area contributed by atoms with Gasteiger partial charge >= 0.3 is 6.09 Å². The van der Waals surface area contributed by atoms with E-state index in [1.807, 2.05) is 24.3 Å². The van der Waals surface area contributed by atoms with Crippen molar-refractivity contribution in [2.75, 3.05) is 18.6 Å². The Kier molecular flexibility index (Phi) is 4.29. The lowest BCUT2D eigenvalue weighted by atomic mass is 10.2. The molecule has 2 aromatic carbocycles. The van der Waals surface area contributed by atoms with Crippen molar-refractivity contribution in [3.05, 3.63) is 54.1 Å². The Morgan fingerprint density at radius 1 is 1.21 bits per heavy atom. The molecule has 0 radical (unpaired) electrons. The number of amides is 1. The van der Waals surface area contributed by atoms with Crippen molar-refractivity contribution in [1.29, 1.82) is 0 Å². The van der Waals surface area contributed by atoms with Gasteiger partial charge in [0.2, 0.25) is 0 Å². The molecule has 1 amide bonds. The third-order valence-corrected chi connectivity index (χ3v) is 4.74. The Bertz CT molecular complexity index is 737. The maximum atomic E-state index is 11.8. The summed E-state index contributed by atoms with van der Waals surface area (Å²) < 4.78 is 10.2. The lowest BCUT2D eigenvalue weighted by Crippen LogP contribution is -2.47. The van der Waals surface area contributed by atoms with Crippen LogP contribution in [0.25, 0.3) is 0 Å². The summed E-state index contributed by atoms with van der Waals surface area (Å²) in [6, 6.07) is 16.5. The molecule has 6 nitrogen and oxygen atoms in total. The van der Waals surface area contributed by atoms with Crippen molar-refractivity contribution in [3.63, 3.8) is 0 Å². The van der Waals surface area contributed by atoms with Gasteiger partial charge in [-0.05, 0) is 35.9 Å². The van der Waals surface area contributed by atoms with Crippen LogP contribution in [0.2, 0.25) is 0 Å². The Balaban J connectivity index is 1.36. The van der Waals surface area contributed by atoms with Crippen LogP contribution in [-0.2, 0) is 16.0 Å². The van der Waals surface area contributed by atoms with E-state index in [1.165, 1.54) is 4.90 Å². The van der Waals surface area contributed by atoms with Gasteiger partial charge in [-0.1, -0.05) is 30.0 Å². The van der Waals surface area contributed by atoms with Crippen LogP contribution in [0.1, 0.15) is 5.56 Å². The predicted molar refractivity (Wildman–Crippen MR) is 90.4 cm³/mol. The van der Waals surface area contributed by atoms with Gasteiger partial charge in [0.1, 0.15) is 0 Å². The molecule has 2 N–H and O–H groups in total. The number of nitrogens with zero attached hydrogens (tertiary/aromatic N) is 1. The van der Waals surface area contributed by atoms with Gasteiger partial charge in [-0.2, -0.15) is 0 Å². The van der Waals surface area contributed by atoms with Gasteiger partial charge in [0.15, 0.2) is 6.10 Å². The van der Waals surface area contributed by atoms with Crippen molar-refractivity contribution in [2.24, 2.45) is 0 Å². The van der Waals surface area contributed by atoms with Gasteiger partial charge in [0.25, 0.3) is 0 Å². The summed E-state index contributed by atoms with van der Waals surface area (Å²) >= 11 is 1.72. The van der Waals surface area contributed by atoms with E-state index in [-0.39, 0.29) is 6.10 Å².